The average Bonchev–Trinajstić information content (AvgIpc) is 3.00. The SMILES string of the molecule is Cc1cc[c-]c(-c2cccc(C3(c4cccc(-c5[c-]ccc(C)c5)n4)c4ccccc4Cc4ccccc43)n2)c1.[Pt+2]. The molecule has 2 nitrogen and oxygen atoms in total. The van der Waals surface area contributed by atoms with Crippen molar-refractivity contribution in [3.8, 4) is 22.5 Å². The zero-order chi connectivity index (χ0) is 27.1. The topological polar surface area (TPSA) is 25.8 Å². The number of benzene rings is 4. The molecule has 0 amide bonds. The van der Waals surface area contributed by atoms with Crippen molar-refractivity contribution in [3.63, 3.8) is 0 Å². The van der Waals surface area contributed by atoms with E-state index in [1.54, 1.807) is 0 Å². The number of hydrogen-bond acceptors (Lipinski definition) is 2. The summed E-state index contributed by atoms with van der Waals surface area (Å²) in [6, 6.07) is 49.4. The molecule has 4 aromatic carbocycles. The first-order chi connectivity index (χ1) is 19.6. The van der Waals surface area contributed by atoms with Gasteiger partial charge in [-0.05, 0) is 52.2 Å². The van der Waals surface area contributed by atoms with E-state index in [-0.39, 0.29) is 21.1 Å². The summed E-state index contributed by atoms with van der Waals surface area (Å²) in [6.45, 7) is 4.21. The third kappa shape index (κ3) is 4.67. The van der Waals surface area contributed by atoms with Crippen LogP contribution in [-0.4, -0.2) is 9.97 Å². The molecule has 1 aliphatic rings. The molecule has 6 aromatic rings. The minimum atomic E-state index is -0.689. The average molecular weight is 708 g/mol. The number of aromatic nitrogens is 2. The maximum Gasteiger partial charge on any atom is 2.00 e. The molecule has 41 heavy (non-hydrogen) atoms. The summed E-state index contributed by atoms with van der Waals surface area (Å²) in [4.78, 5) is 10.8. The Balaban J connectivity index is 0.00000302. The van der Waals surface area contributed by atoms with Gasteiger partial charge >= 0.3 is 21.1 Å². The molecule has 0 N–H and O–H groups in total. The Labute approximate surface area is 256 Å². The summed E-state index contributed by atoms with van der Waals surface area (Å²) in [6.07, 6.45) is 0.880. The number of nitrogens with zero attached hydrogens (tertiary/aromatic N) is 2. The smallest absolute Gasteiger partial charge is 0.300 e. The van der Waals surface area contributed by atoms with Crippen LogP contribution >= 0.6 is 0 Å². The van der Waals surface area contributed by atoms with E-state index in [4.69, 9.17) is 9.97 Å². The third-order valence-corrected chi connectivity index (χ3v) is 7.96. The van der Waals surface area contributed by atoms with E-state index in [0.717, 1.165) is 40.3 Å². The summed E-state index contributed by atoms with van der Waals surface area (Å²) >= 11 is 0. The second-order valence-electron chi connectivity index (χ2n) is 10.6. The van der Waals surface area contributed by atoms with Gasteiger partial charge in [0.2, 0.25) is 0 Å². The van der Waals surface area contributed by atoms with E-state index in [2.05, 4.69) is 135 Å². The number of rotatable bonds is 4. The molecule has 3 heteroatoms. The first kappa shape index (κ1) is 27.1. The molecule has 1 aliphatic carbocycles. The van der Waals surface area contributed by atoms with Crippen molar-refractivity contribution in [1.29, 1.82) is 0 Å². The second kappa shape index (κ2) is 11.0. The number of fused-ring (bicyclic) bond motifs is 2. The molecule has 0 aliphatic heterocycles. The standard InChI is InChI=1S/C38H28N2.Pt/c1-26-11-7-15-30(23-26)34-19-9-21-36(39-34)38(37-22-10-20-35(40-37)31-16-8-12-27(2)24-31)32-17-5-3-13-28(32)25-29-14-4-6-18-33(29)38;/h3-14,17-24H,25H2,1-2H3;/q-2;+2. The summed E-state index contributed by atoms with van der Waals surface area (Å²) in [5.74, 6) is 0. The summed E-state index contributed by atoms with van der Waals surface area (Å²) < 4.78 is 0. The molecule has 0 saturated heterocycles. The van der Waals surface area contributed by atoms with Gasteiger partial charge in [-0.2, -0.15) is 0 Å². The molecular weight excluding hydrogens is 680 g/mol. The fraction of sp³-hybridized carbons (Fsp3) is 0.105. The molecule has 2 heterocycles. The second-order valence-corrected chi connectivity index (χ2v) is 10.6. The number of aryl methyl sites for hydroxylation is 2. The van der Waals surface area contributed by atoms with Crippen molar-refractivity contribution in [2.75, 3.05) is 0 Å². The van der Waals surface area contributed by atoms with Crippen molar-refractivity contribution in [2.24, 2.45) is 0 Å². The molecule has 0 bridgehead atoms. The molecular formula is C38H28N2Pt. The number of hydrogen-bond donors (Lipinski definition) is 0. The van der Waals surface area contributed by atoms with Crippen LogP contribution in [0.5, 0.6) is 0 Å². The molecule has 0 saturated carbocycles. The van der Waals surface area contributed by atoms with Gasteiger partial charge in [-0.15, -0.1) is 70.8 Å². The van der Waals surface area contributed by atoms with Crippen LogP contribution < -0.4 is 0 Å². The fourth-order valence-corrected chi connectivity index (χ4v) is 6.16. The van der Waals surface area contributed by atoms with Crippen LogP contribution in [0.3, 0.4) is 0 Å². The van der Waals surface area contributed by atoms with E-state index in [1.807, 2.05) is 12.1 Å². The Bertz CT molecular complexity index is 1740. The van der Waals surface area contributed by atoms with Crippen LogP contribution in [0.2, 0.25) is 0 Å². The Morgan fingerprint density at radius 2 is 1.02 bits per heavy atom. The molecule has 0 spiro atoms. The zero-order valence-electron chi connectivity index (χ0n) is 23.0. The quantitative estimate of drug-likeness (QED) is 0.172. The van der Waals surface area contributed by atoms with Crippen LogP contribution in [0.4, 0.5) is 0 Å². The van der Waals surface area contributed by atoms with Crippen molar-refractivity contribution >= 4 is 0 Å². The predicted octanol–water partition coefficient (Wildman–Crippen LogP) is 8.31. The van der Waals surface area contributed by atoms with Crippen LogP contribution in [-0.2, 0) is 32.9 Å². The van der Waals surface area contributed by atoms with Gasteiger partial charge in [0.05, 0.1) is 11.4 Å². The van der Waals surface area contributed by atoms with Gasteiger partial charge in [0.1, 0.15) is 5.41 Å². The van der Waals surface area contributed by atoms with Crippen molar-refractivity contribution in [3.05, 3.63) is 178 Å². The summed E-state index contributed by atoms with van der Waals surface area (Å²) in [5, 5.41) is 0. The van der Waals surface area contributed by atoms with Crippen LogP contribution in [0.25, 0.3) is 22.5 Å². The molecule has 0 fully saturated rings. The molecule has 7 rings (SSSR count). The minimum absolute atomic E-state index is 0. The monoisotopic (exact) mass is 707 g/mol. The molecule has 0 radical (unpaired) electrons. The Kier molecular flexibility index (Phi) is 7.28. The Morgan fingerprint density at radius 3 is 1.49 bits per heavy atom. The molecule has 200 valence electrons. The van der Waals surface area contributed by atoms with Crippen LogP contribution in [0, 0.1) is 26.0 Å². The van der Waals surface area contributed by atoms with Crippen molar-refractivity contribution in [1.82, 2.24) is 9.97 Å². The van der Waals surface area contributed by atoms with Gasteiger partial charge < -0.3 is 0 Å². The van der Waals surface area contributed by atoms with Gasteiger partial charge in [-0.25, -0.2) is 0 Å². The molecule has 0 unspecified atom stereocenters. The Morgan fingerprint density at radius 1 is 0.561 bits per heavy atom. The van der Waals surface area contributed by atoms with E-state index in [9.17, 15) is 0 Å². The van der Waals surface area contributed by atoms with Crippen molar-refractivity contribution in [2.45, 2.75) is 25.7 Å². The van der Waals surface area contributed by atoms with Crippen molar-refractivity contribution < 1.29 is 21.1 Å². The van der Waals surface area contributed by atoms with Crippen LogP contribution in [0.1, 0.15) is 44.8 Å². The van der Waals surface area contributed by atoms with E-state index < -0.39 is 5.41 Å². The normalized spacial score (nSPS) is 13.0. The number of pyridine rings is 2. The van der Waals surface area contributed by atoms with Gasteiger partial charge in [0, 0.05) is 0 Å². The van der Waals surface area contributed by atoms with Gasteiger partial charge in [0.25, 0.3) is 0 Å². The summed E-state index contributed by atoms with van der Waals surface area (Å²) in [7, 11) is 0. The van der Waals surface area contributed by atoms with Gasteiger partial charge in [0.15, 0.2) is 0 Å². The van der Waals surface area contributed by atoms with E-state index in [0.29, 0.717) is 0 Å². The maximum absolute atomic E-state index is 5.39. The molecule has 0 atom stereocenters. The van der Waals surface area contributed by atoms with Gasteiger partial charge in [-0.1, -0.05) is 86.6 Å². The molecule has 2 aromatic heterocycles. The first-order valence-corrected chi connectivity index (χ1v) is 13.7. The Hall–Kier alpha value is -4.13. The predicted molar refractivity (Wildman–Crippen MR) is 161 cm³/mol. The maximum atomic E-state index is 5.39. The van der Waals surface area contributed by atoms with E-state index >= 15 is 0 Å². The van der Waals surface area contributed by atoms with E-state index in [1.165, 1.54) is 33.4 Å². The third-order valence-electron chi connectivity index (χ3n) is 7.96. The largest absolute Gasteiger partial charge is 2.00 e. The first-order valence-electron chi connectivity index (χ1n) is 13.7. The van der Waals surface area contributed by atoms with Crippen LogP contribution in [0.15, 0.2) is 121 Å². The van der Waals surface area contributed by atoms with Gasteiger partial charge in [-0.3, -0.25) is 9.97 Å². The fourth-order valence-electron chi connectivity index (χ4n) is 6.16. The zero-order valence-corrected chi connectivity index (χ0v) is 25.2. The minimum Gasteiger partial charge on any atom is -0.300 e. The summed E-state index contributed by atoms with van der Waals surface area (Å²) in [5.41, 5.74) is 12.4.